The Kier molecular flexibility index (Phi) is 5.71. The summed E-state index contributed by atoms with van der Waals surface area (Å²) in [6, 6.07) is 0. The lowest BCUT2D eigenvalue weighted by molar-refractivity contribution is -0.174. The average molecular weight is 425 g/mol. The summed E-state index contributed by atoms with van der Waals surface area (Å²) in [6.45, 7) is 19.4. The second kappa shape index (κ2) is 7.59. The van der Waals surface area contributed by atoms with Crippen LogP contribution in [0.5, 0.6) is 0 Å². The first-order valence-electron chi connectivity index (χ1n) is 13.3. The molecule has 4 aliphatic carbocycles. The molecule has 0 amide bonds. The maximum atomic E-state index is 12.8. The molecule has 31 heavy (non-hydrogen) atoms. The molecule has 0 bridgehead atoms. The summed E-state index contributed by atoms with van der Waals surface area (Å²) in [5.74, 6) is 3.23. The van der Waals surface area contributed by atoms with Crippen LogP contribution in [0.4, 0.5) is 0 Å². The SMILES string of the molecule is C/C(=C/CCC(C)C)[C@@H]1CC[C@]2(C)C1=CC[C@@H]1[C@@]3(C)CCC(=O)C(C)(C)[C@@H]3CC[C@]12C. The molecule has 0 N–H and O–H groups in total. The summed E-state index contributed by atoms with van der Waals surface area (Å²) in [4.78, 5) is 12.8. The fourth-order valence-corrected chi connectivity index (χ4v) is 9.15. The summed E-state index contributed by atoms with van der Waals surface area (Å²) in [7, 11) is 0. The van der Waals surface area contributed by atoms with Crippen molar-refractivity contribution in [1.29, 1.82) is 0 Å². The van der Waals surface area contributed by atoms with Gasteiger partial charge in [0.1, 0.15) is 5.78 Å². The average Bonchev–Trinajstić information content (AvgIpc) is 3.03. The molecule has 0 aliphatic heterocycles. The Hall–Kier alpha value is -0.850. The molecule has 0 aromatic carbocycles. The molecule has 4 aliphatic rings. The van der Waals surface area contributed by atoms with E-state index in [0.717, 1.165) is 18.8 Å². The summed E-state index contributed by atoms with van der Waals surface area (Å²) >= 11 is 0. The van der Waals surface area contributed by atoms with E-state index in [1.54, 1.807) is 11.1 Å². The molecule has 1 nitrogen and oxygen atoms in total. The van der Waals surface area contributed by atoms with Crippen LogP contribution in [0, 0.1) is 45.3 Å². The molecule has 0 radical (unpaired) electrons. The molecule has 1 heteroatoms. The number of Topliss-reactive ketones (excluding diaryl/α,β-unsaturated/α-hetero) is 1. The minimum absolute atomic E-state index is 0.146. The van der Waals surface area contributed by atoms with Crippen molar-refractivity contribution >= 4 is 5.78 Å². The van der Waals surface area contributed by atoms with E-state index >= 15 is 0 Å². The Morgan fingerprint density at radius 3 is 2.45 bits per heavy atom. The Morgan fingerprint density at radius 2 is 1.77 bits per heavy atom. The number of carbonyl (C=O) groups is 1. The van der Waals surface area contributed by atoms with Crippen LogP contribution < -0.4 is 0 Å². The van der Waals surface area contributed by atoms with Gasteiger partial charge in [-0.25, -0.2) is 0 Å². The Labute approximate surface area is 192 Å². The van der Waals surface area contributed by atoms with Crippen LogP contribution in [-0.2, 0) is 4.79 Å². The third-order valence-corrected chi connectivity index (χ3v) is 11.3. The first-order valence-corrected chi connectivity index (χ1v) is 13.3. The first kappa shape index (κ1) is 23.3. The largest absolute Gasteiger partial charge is 0.299 e. The van der Waals surface area contributed by atoms with Gasteiger partial charge in [0.15, 0.2) is 0 Å². The predicted molar refractivity (Wildman–Crippen MR) is 132 cm³/mol. The van der Waals surface area contributed by atoms with Crippen LogP contribution in [0.2, 0.25) is 0 Å². The number of rotatable bonds is 4. The standard InChI is InChI=1S/C30H48O/c1-20(2)10-9-11-21(3)22-14-18-29(7)23(22)12-13-25-28(6)17-16-26(31)27(4,5)24(28)15-19-30(25,29)8/h11-12,20,22,24-25H,9-10,13-19H2,1-8H3/b21-11-/t22-,24-,25+,28-,29+,30+/m0/s1. The van der Waals surface area contributed by atoms with E-state index in [0.29, 0.717) is 39.8 Å². The molecule has 0 saturated heterocycles. The topological polar surface area (TPSA) is 17.1 Å². The highest BCUT2D eigenvalue weighted by molar-refractivity contribution is 5.85. The molecule has 6 atom stereocenters. The minimum atomic E-state index is -0.146. The number of hydrogen-bond acceptors (Lipinski definition) is 1. The fourth-order valence-electron chi connectivity index (χ4n) is 9.15. The molecular formula is C30H48O. The zero-order valence-electron chi connectivity index (χ0n) is 21.7. The second-order valence-electron chi connectivity index (χ2n) is 13.4. The lowest BCUT2D eigenvalue weighted by atomic mass is 9.37. The molecule has 0 spiro atoms. The van der Waals surface area contributed by atoms with Crippen LogP contribution >= 0.6 is 0 Å². The van der Waals surface area contributed by atoms with Gasteiger partial charge in [-0.2, -0.15) is 0 Å². The molecule has 3 fully saturated rings. The van der Waals surface area contributed by atoms with Crippen molar-refractivity contribution in [3.8, 4) is 0 Å². The third-order valence-electron chi connectivity index (χ3n) is 11.3. The van der Waals surface area contributed by atoms with E-state index in [9.17, 15) is 4.79 Å². The zero-order valence-corrected chi connectivity index (χ0v) is 21.7. The van der Waals surface area contributed by atoms with Crippen molar-refractivity contribution in [1.82, 2.24) is 0 Å². The van der Waals surface area contributed by atoms with E-state index in [2.05, 4.69) is 67.5 Å². The van der Waals surface area contributed by atoms with Crippen LogP contribution in [0.15, 0.2) is 23.3 Å². The molecule has 174 valence electrons. The fraction of sp³-hybridized carbons (Fsp3) is 0.833. The predicted octanol–water partition coefficient (Wildman–Crippen LogP) is 8.54. The van der Waals surface area contributed by atoms with Crippen molar-refractivity contribution in [2.24, 2.45) is 45.3 Å². The maximum absolute atomic E-state index is 12.8. The molecule has 3 saturated carbocycles. The van der Waals surface area contributed by atoms with Gasteiger partial charge in [-0.15, -0.1) is 0 Å². The van der Waals surface area contributed by atoms with E-state index in [1.807, 2.05) is 0 Å². The highest BCUT2D eigenvalue weighted by Crippen LogP contribution is 2.73. The van der Waals surface area contributed by atoms with Crippen molar-refractivity contribution < 1.29 is 4.79 Å². The maximum Gasteiger partial charge on any atom is 0.138 e. The summed E-state index contributed by atoms with van der Waals surface area (Å²) in [5.41, 5.74) is 4.25. The van der Waals surface area contributed by atoms with E-state index < -0.39 is 0 Å². The van der Waals surface area contributed by atoms with Gasteiger partial charge in [0.2, 0.25) is 0 Å². The van der Waals surface area contributed by atoms with E-state index in [4.69, 9.17) is 0 Å². The Morgan fingerprint density at radius 1 is 1.06 bits per heavy atom. The minimum Gasteiger partial charge on any atom is -0.299 e. The Balaban J connectivity index is 1.66. The van der Waals surface area contributed by atoms with Crippen LogP contribution in [0.3, 0.4) is 0 Å². The molecule has 0 heterocycles. The number of hydrogen-bond donors (Lipinski definition) is 0. The van der Waals surface area contributed by atoms with Crippen molar-refractivity contribution in [2.45, 2.75) is 113 Å². The van der Waals surface area contributed by atoms with Gasteiger partial charge in [0.25, 0.3) is 0 Å². The molecule has 0 aromatic heterocycles. The zero-order chi connectivity index (χ0) is 22.8. The first-order chi connectivity index (χ1) is 14.4. The summed E-state index contributed by atoms with van der Waals surface area (Å²) in [5, 5.41) is 0. The number of carbonyl (C=O) groups excluding carboxylic acids is 1. The summed E-state index contributed by atoms with van der Waals surface area (Å²) in [6.07, 6.45) is 16.1. The third kappa shape index (κ3) is 3.26. The van der Waals surface area contributed by atoms with Gasteiger partial charge in [0.05, 0.1) is 0 Å². The molecule has 0 unspecified atom stereocenters. The quantitative estimate of drug-likeness (QED) is 0.413. The van der Waals surface area contributed by atoms with E-state index in [-0.39, 0.29) is 5.41 Å². The number of fused-ring (bicyclic) bond motifs is 5. The monoisotopic (exact) mass is 424 g/mol. The van der Waals surface area contributed by atoms with Crippen LogP contribution in [-0.4, -0.2) is 5.78 Å². The normalized spacial score (nSPS) is 44.5. The smallest absolute Gasteiger partial charge is 0.138 e. The van der Waals surface area contributed by atoms with Gasteiger partial charge in [-0.1, -0.05) is 71.8 Å². The van der Waals surface area contributed by atoms with Gasteiger partial charge in [0, 0.05) is 17.8 Å². The lowest BCUT2D eigenvalue weighted by Gasteiger charge is -2.67. The molecular weight excluding hydrogens is 376 g/mol. The van der Waals surface area contributed by atoms with Gasteiger partial charge in [-0.05, 0) is 92.3 Å². The number of ketones is 1. The summed E-state index contributed by atoms with van der Waals surface area (Å²) < 4.78 is 0. The highest BCUT2D eigenvalue weighted by Gasteiger charge is 2.66. The second-order valence-corrected chi connectivity index (χ2v) is 13.4. The highest BCUT2D eigenvalue weighted by atomic mass is 16.1. The van der Waals surface area contributed by atoms with Crippen LogP contribution in [0.25, 0.3) is 0 Å². The Bertz CT molecular complexity index is 797. The molecule has 0 aromatic rings. The van der Waals surface area contributed by atoms with Crippen molar-refractivity contribution in [3.05, 3.63) is 23.3 Å². The lowest BCUT2D eigenvalue weighted by Crippen LogP contribution is -2.61. The van der Waals surface area contributed by atoms with Gasteiger partial charge >= 0.3 is 0 Å². The molecule has 4 rings (SSSR count). The van der Waals surface area contributed by atoms with Crippen LogP contribution in [0.1, 0.15) is 113 Å². The van der Waals surface area contributed by atoms with Crippen molar-refractivity contribution in [2.75, 3.05) is 0 Å². The van der Waals surface area contributed by atoms with Gasteiger partial charge < -0.3 is 0 Å². The number of allylic oxidation sites excluding steroid dienone is 4. The van der Waals surface area contributed by atoms with E-state index in [1.165, 1.54) is 44.9 Å². The van der Waals surface area contributed by atoms with Crippen molar-refractivity contribution in [3.63, 3.8) is 0 Å². The van der Waals surface area contributed by atoms with Gasteiger partial charge in [-0.3, -0.25) is 4.79 Å².